The number of benzene rings is 2. The molecule has 1 aliphatic rings. The number of carbonyl (C=O) groups excluding carboxylic acids is 1. The molecule has 162 valence electrons. The first-order valence-corrected chi connectivity index (χ1v) is 9.96. The molecule has 0 aliphatic heterocycles. The molecule has 3 aromatic rings. The van der Waals surface area contributed by atoms with Crippen molar-refractivity contribution < 1.29 is 22.8 Å². The summed E-state index contributed by atoms with van der Waals surface area (Å²) in [6.07, 6.45) is 1.54. The number of halogens is 2. The van der Waals surface area contributed by atoms with Crippen molar-refractivity contribution in [2.75, 3.05) is 20.7 Å². The molecule has 0 radical (unpaired) electrons. The van der Waals surface area contributed by atoms with Crippen LogP contribution in [-0.2, 0) is 16.1 Å². The Hall–Kier alpha value is -3.29. The van der Waals surface area contributed by atoms with E-state index in [1.807, 2.05) is 31.2 Å². The van der Waals surface area contributed by atoms with Gasteiger partial charge in [-0.2, -0.15) is 13.8 Å². The second-order valence-corrected chi connectivity index (χ2v) is 8.02. The molecular weight excluding hydrogens is 404 g/mol. The molecule has 8 heteroatoms. The van der Waals surface area contributed by atoms with Crippen molar-refractivity contribution in [3.63, 3.8) is 0 Å². The van der Waals surface area contributed by atoms with Crippen molar-refractivity contribution in [1.82, 2.24) is 15.0 Å². The Morgan fingerprint density at radius 3 is 2.61 bits per heavy atom. The summed E-state index contributed by atoms with van der Waals surface area (Å²) in [4.78, 5) is 17.2. The third kappa shape index (κ3) is 3.89. The summed E-state index contributed by atoms with van der Waals surface area (Å²) in [5, 5.41) is 3.91. The standard InChI is InChI=1S/C23H23F2N3O3/c1-15-7-6-8-16(13-15)22(11-12-22)20-26-21(31-27-20)23(24,25)17-9-4-5-10-18(17)30-14-19(29)28(2)3/h4-10,13H,11-12,14H2,1-3H3. The predicted molar refractivity (Wildman–Crippen MR) is 109 cm³/mol. The zero-order chi connectivity index (χ0) is 22.2. The number of hydrogen-bond acceptors (Lipinski definition) is 5. The minimum absolute atomic E-state index is 0.109. The van der Waals surface area contributed by atoms with E-state index < -0.39 is 22.8 Å². The largest absolute Gasteiger partial charge is 0.483 e. The summed E-state index contributed by atoms with van der Waals surface area (Å²) >= 11 is 0. The lowest BCUT2D eigenvalue weighted by molar-refractivity contribution is -0.130. The fourth-order valence-electron chi connectivity index (χ4n) is 3.49. The maximum atomic E-state index is 15.3. The molecule has 1 saturated carbocycles. The van der Waals surface area contributed by atoms with Gasteiger partial charge in [0.15, 0.2) is 12.4 Å². The average molecular weight is 427 g/mol. The summed E-state index contributed by atoms with van der Waals surface area (Å²) in [5.74, 6) is -4.56. The Kier molecular flexibility index (Phi) is 5.24. The van der Waals surface area contributed by atoms with E-state index in [-0.39, 0.29) is 24.1 Å². The smallest absolute Gasteiger partial charge is 0.353 e. The van der Waals surface area contributed by atoms with Crippen LogP contribution in [0.5, 0.6) is 5.75 Å². The lowest BCUT2D eigenvalue weighted by Crippen LogP contribution is -2.28. The van der Waals surface area contributed by atoms with Crippen LogP contribution in [0.25, 0.3) is 0 Å². The fraction of sp³-hybridized carbons (Fsp3) is 0.348. The molecular formula is C23H23F2N3O3. The zero-order valence-corrected chi connectivity index (χ0v) is 17.6. The summed E-state index contributed by atoms with van der Waals surface area (Å²) in [7, 11) is 3.13. The van der Waals surface area contributed by atoms with Crippen molar-refractivity contribution in [2.24, 2.45) is 0 Å². The number of ether oxygens (including phenoxy) is 1. The van der Waals surface area contributed by atoms with Crippen molar-refractivity contribution in [2.45, 2.75) is 31.1 Å². The number of carbonyl (C=O) groups is 1. The molecule has 31 heavy (non-hydrogen) atoms. The number of para-hydroxylation sites is 1. The maximum absolute atomic E-state index is 15.3. The second-order valence-electron chi connectivity index (χ2n) is 8.02. The molecule has 0 saturated heterocycles. The van der Waals surface area contributed by atoms with Gasteiger partial charge in [0.05, 0.1) is 11.0 Å². The zero-order valence-electron chi connectivity index (χ0n) is 17.6. The molecule has 1 aliphatic carbocycles. The minimum Gasteiger partial charge on any atom is -0.483 e. The molecule has 0 spiro atoms. The van der Waals surface area contributed by atoms with Crippen LogP contribution in [0.1, 0.15) is 41.2 Å². The number of amides is 1. The Morgan fingerprint density at radius 1 is 1.19 bits per heavy atom. The third-order valence-corrected chi connectivity index (χ3v) is 5.52. The SMILES string of the molecule is Cc1cccc(C2(c3noc(C(F)(F)c4ccccc4OCC(=O)N(C)C)n3)CC2)c1. The highest BCUT2D eigenvalue weighted by Gasteiger charge is 2.52. The topological polar surface area (TPSA) is 68.5 Å². The van der Waals surface area contributed by atoms with Crippen LogP contribution >= 0.6 is 0 Å². The van der Waals surface area contributed by atoms with E-state index in [2.05, 4.69) is 10.1 Å². The van der Waals surface area contributed by atoms with E-state index in [0.717, 1.165) is 24.0 Å². The van der Waals surface area contributed by atoms with Gasteiger partial charge in [-0.1, -0.05) is 47.1 Å². The highest BCUT2D eigenvalue weighted by molar-refractivity contribution is 5.77. The van der Waals surface area contributed by atoms with Gasteiger partial charge in [0.1, 0.15) is 5.75 Å². The maximum Gasteiger partial charge on any atom is 0.353 e. The number of alkyl halides is 2. The summed E-state index contributed by atoms with van der Waals surface area (Å²) in [5.41, 5.74) is 1.15. The highest BCUT2D eigenvalue weighted by Crippen LogP contribution is 2.53. The van der Waals surface area contributed by atoms with Gasteiger partial charge < -0.3 is 14.2 Å². The quantitative estimate of drug-likeness (QED) is 0.569. The van der Waals surface area contributed by atoms with Gasteiger partial charge in [0.25, 0.3) is 5.91 Å². The number of likely N-dealkylation sites (N-methyl/N-ethyl adjacent to an activating group) is 1. The van der Waals surface area contributed by atoms with Crippen molar-refractivity contribution in [1.29, 1.82) is 0 Å². The van der Waals surface area contributed by atoms with Crippen LogP contribution in [0.15, 0.2) is 53.1 Å². The Labute approximate surface area is 178 Å². The lowest BCUT2D eigenvalue weighted by Gasteiger charge is -2.18. The van der Waals surface area contributed by atoms with E-state index in [9.17, 15) is 4.79 Å². The molecule has 0 bridgehead atoms. The molecule has 2 aromatic carbocycles. The number of aromatic nitrogens is 2. The molecule has 1 aromatic heterocycles. The fourth-order valence-corrected chi connectivity index (χ4v) is 3.49. The second kappa shape index (κ2) is 7.76. The van der Waals surface area contributed by atoms with Crippen molar-refractivity contribution in [3.8, 4) is 5.75 Å². The van der Waals surface area contributed by atoms with Crippen molar-refractivity contribution in [3.05, 3.63) is 76.9 Å². The molecule has 6 nitrogen and oxygen atoms in total. The third-order valence-electron chi connectivity index (χ3n) is 5.52. The summed E-state index contributed by atoms with van der Waals surface area (Å²) in [6.45, 7) is 1.62. The first kappa shape index (κ1) is 21.0. The molecule has 1 heterocycles. The van der Waals surface area contributed by atoms with Gasteiger partial charge in [-0.05, 0) is 37.5 Å². The van der Waals surface area contributed by atoms with Gasteiger partial charge in [0.2, 0.25) is 0 Å². The first-order chi connectivity index (χ1) is 14.7. The van der Waals surface area contributed by atoms with Crippen LogP contribution in [0.4, 0.5) is 8.78 Å². The van der Waals surface area contributed by atoms with E-state index in [4.69, 9.17) is 9.26 Å². The first-order valence-electron chi connectivity index (χ1n) is 9.96. The van der Waals surface area contributed by atoms with Gasteiger partial charge in [-0.3, -0.25) is 4.79 Å². The molecule has 0 N–H and O–H groups in total. The minimum atomic E-state index is -3.58. The summed E-state index contributed by atoms with van der Waals surface area (Å²) in [6, 6.07) is 13.5. The van der Waals surface area contributed by atoms with E-state index in [1.165, 1.54) is 23.1 Å². The van der Waals surface area contributed by atoms with Gasteiger partial charge in [-0.15, -0.1) is 0 Å². The van der Waals surface area contributed by atoms with Crippen molar-refractivity contribution >= 4 is 5.91 Å². The molecule has 0 atom stereocenters. The van der Waals surface area contributed by atoms with Gasteiger partial charge in [-0.25, -0.2) is 0 Å². The Balaban J connectivity index is 1.63. The van der Waals surface area contributed by atoms with E-state index >= 15 is 8.78 Å². The van der Waals surface area contributed by atoms with Crippen LogP contribution in [0.3, 0.4) is 0 Å². The van der Waals surface area contributed by atoms with E-state index in [1.54, 1.807) is 20.2 Å². The molecule has 4 rings (SSSR count). The molecule has 1 amide bonds. The monoisotopic (exact) mass is 427 g/mol. The summed E-state index contributed by atoms with van der Waals surface area (Å²) < 4.78 is 41.1. The Morgan fingerprint density at radius 2 is 1.94 bits per heavy atom. The predicted octanol–water partition coefficient (Wildman–Crippen LogP) is 4.07. The molecule has 0 unspecified atom stereocenters. The average Bonchev–Trinajstić information content (AvgIpc) is 3.40. The normalized spacial score (nSPS) is 14.9. The van der Waals surface area contributed by atoms with Crippen LogP contribution < -0.4 is 4.74 Å². The van der Waals surface area contributed by atoms with E-state index in [0.29, 0.717) is 0 Å². The number of nitrogens with zero attached hydrogens (tertiary/aromatic N) is 3. The Bertz CT molecular complexity index is 1110. The number of rotatable bonds is 7. The lowest BCUT2D eigenvalue weighted by atomic mass is 9.94. The number of hydrogen-bond donors (Lipinski definition) is 0. The van der Waals surface area contributed by atoms with Crippen LogP contribution in [0, 0.1) is 6.92 Å². The highest BCUT2D eigenvalue weighted by atomic mass is 19.3. The van der Waals surface area contributed by atoms with Gasteiger partial charge >= 0.3 is 11.8 Å². The van der Waals surface area contributed by atoms with Crippen LogP contribution in [0.2, 0.25) is 0 Å². The van der Waals surface area contributed by atoms with Crippen LogP contribution in [-0.4, -0.2) is 41.6 Å². The van der Waals surface area contributed by atoms with Gasteiger partial charge in [0, 0.05) is 14.1 Å². The number of aryl methyl sites for hydroxylation is 1. The molecule has 1 fully saturated rings.